The predicted molar refractivity (Wildman–Crippen MR) is 99.4 cm³/mol. The summed E-state index contributed by atoms with van der Waals surface area (Å²) >= 11 is 0. The quantitative estimate of drug-likeness (QED) is 0.747. The van der Waals surface area contributed by atoms with Crippen molar-refractivity contribution in [1.82, 2.24) is 5.32 Å². The van der Waals surface area contributed by atoms with E-state index in [1.54, 1.807) is 7.11 Å². The van der Waals surface area contributed by atoms with Crippen molar-refractivity contribution in [3.05, 3.63) is 53.1 Å². The Morgan fingerprint density at radius 2 is 2.04 bits per heavy atom. The van der Waals surface area contributed by atoms with Gasteiger partial charge in [-0.25, -0.2) is 0 Å². The van der Waals surface area contributed by atoms with Crippen LogP contribution >= 0.6 is 0 Å². The summed E-state index contributed by atoms with van der Waals surface area (Å²) < 4.78 is 46.4. The SMILES string of the molecule is COc1ccccc1CNc1cc2c(c(C(F)(F)F)c1)N[C@H]1CCNC[C@@H]21. The molecular formula is C20H22F3N3O. The second-order valence-corrected chi connectivity index (χ2v) is 7.00. The number of hydrogen-bond acceptors (Lipinski definition) is 4. The van der Waals surface area contributed by atoms with Crippen LogP contribution in [0, 0.1) is 0 Å². The van der Waals surface area contributed by atoms with Gasteiger partial charge in [-0.2, -0.15) is 13.2 Å². The van der Waals surface area contributed by atoms with Crippen molar-refractivity contribution >= 4 is 11.4 Å². The maximum atomic E-state index is 13.7. The van der Waals surface area contributed by atoms with Gasteiger partial charge in [-0.15, -0.1) is 0 Å². The molecule has 2 heterocycles. The zero-order valence-electron chi connectivity index (χ0n) is 15.0. The minimum absolute atomic E-state index is 0.0582. The summed E-state index contributed by atoms with van der Waals surface area (Å²) in [6, 6.07) is 10.6. The minimum Gasteiger partial charge on any atom is -0.496 e. The zero-order valence-corrected chi connectivity index (χ0v) is 15.0. The Bertz CT molecular complexity index is 838. The van der Waals surface area contributed by atoms with Gasteiger partial charge < -0.3 is 20.7 Å². The number of nitrogens with one attached hydrogen (secondary N) is 3. The molecule has 2 aromatic rings. The molecule has 2 aliphatic rings. The first kappa shape index (κ1) is 18.0. The number of alkyl halides is 3. The molecule has 2 aromatic carbocycles. The molecule has 0 radical (unpaired) electrons. The smallest absolute Gasteiger partial charge is 0.418 e. The fraction of sp³-hybridized carbons (Fsp3) is 0.400. The highest BCUT2D eigenvalue weighted by Crippen LogP contribution is 2.47. The Labute approximate surface area is 156 Å². The van der Waals surface area contributed by atoms with Crippen LogP contribution in [0.4, 0.5) is 24.5 Å². The second kappa shape index (κ2) is 6.96. The van der Waals surface area contributed by atoms with Gasteiger partial charge in [0.2, 0.25) is 0 Å². The third-order valence-corrected chi connectivity index (χ3v) is 5.36. The van der Waals surface area contributed by atoms with Crippen molar-refractivity contribution in [2.75, 3.05) is 30.8 Å². The van der Waals surface area contributed by atoms with Gasteiger partial charge in [0.15, 0.2) is 0 Å². The zero-order chi connectivity index (χ0) is 19.0. The third-order valence-electron chi connectivity index (χ3n) is 5.36. The van der Waals surface area contributed by atoms with Gasteiger partial charge in [0, 0.05) is 36.3 Å². The van der Waals surface area contributed by atoms with Gasteiger partial charge in [0.1, 0.15) is 5.75 Å². The summed E-state index contributed by atoms with van der Waals surface area (Å²) in [6.45, 7) is 1.90. The molecule has 7 heteroatoms. The Morgan fingerprint density at radius 3 is 2.81 bits per heavy atom. The maximum Gasteiger partial charge on any atom is 0.418 e. The second-order valence-electron chi connectivity index (χ2n) is 7.00. The predicted octanol–water partition coefficient (Wildman–Crippen LogP) is 4.20. The van der Waals surface area contributed by atoms with E-state index < -0.39 is 11.7 Å². The molecule has 3 N–H and O–H groups in total. The summed E-state index contributed by atoms with van der Waals surface area (Å²) in [5, 5.41) is 9.56. The molecule has 0 unspecified atom stereocenters. The van der Waals surface area contributed by atoms with Gasteiger partial charge in [-0.3, -0.25) is 0 Å². The van der Waals surface area contributed by atoms with E-state index >= 15 is 0 Å². The number of methoxy groups -OCH3 is 1. The van der Waals surface area contributed by atoms with E-state index in [1.807, 2.05) is 30.3 Å². The van der Waals surface area contributed by atoms with E-state index in [9.17, 15) is 13.2 Å². The standard InChI is InChI=1S/C20H22F3N3O/c1-27-18-5-3-2-4-12(18)10-25-13-8-14-15-11-24-7-6-17(15)26-19(14)16(9-13)20(21,22)23/h2-5,8-9,15,17,24-26H,6-7,10-11H2,1H3/t15-,17-/m0/s1. The lowest BCUT2D eigenvalue weighted by atomic mass is 9.89. The number of ether oxygens (including phenoxy) is 1. The molecule has 2 atom stereocenters. The fourth-order valence-corrected chi connectivity index (χ4v) is 4.03. The Balaban J connectivity index is 1.66. The summed E-state index contributed by atoms with van der Waals surface area (Å²) in [5.41, 5.74) is 1.75. The molecule has 0 spiro atoms. The number of benzene rings is 2. The molecule has 4 rings (SSSR count). The van der Waals surface area contributed by atoms with E-state index in [0.717, 1.165) is 24.1 Å². The first-order valence-electron chi connectivity index (χ1n) is 9.05. The normalized spacial score (nSPS) is 21.2. The fourth-order valence-electron chi connectivity index (χ4n) is 4.03. The molecule has 0 saturated carbocycles. The summed E-state index contributed by atoms with van der Waals surface area (Å²) in [4.78, 5) is 0. The molecule has 0 aliphatic carbocycles. The van der Waals surface area contributed by atoms with Crippen LogP contribution < -0.4 is 20.7 Å². The summed E-state index contributed by atoms with van der Waals surface area (Å²) in [7, 11) is 1.58. The molecule has 144 valence electrons. The van der Waals surface area contributed by atoms with Crippen molar-refractivity contribution in [3.63, 3.8) is 0 Å². The van der Waals surface area contributed by atoms with Gasteiger partial charge in [0.25, 0.3) is 0 Å². The van der Waals surface area contributed by atoms with Crippen LogP contribution in [-0.4, -0.2) is 26.2 Å². The summed E-state index contributed by atoms with van der Waals surface area (Å²) in [5.74, 6) is 0.767. The number of piperidine rings is 1. The lowest BCUT2D eigenvalue weighted by Crippen LogP contribution is -2.38. The number of hydrogen-bond donors (Lipinski definition) is 3. The van der Waals surface area contributed by atoms with Crippen molar-refractivity contribution in [2.24, 2.45) is 0 Å². The van der Waals surface area contributed by atoms with Crippen LogP contribution in [0.1, 0.15) is 29.0 Å². The van der Waals surface area contributed by atoms with E-state index in [2.05, 4.69) is 16.0 Å². The monoisotopic (exact) mass is 377 g/mol. The van der Waals surface area contributed by atoms with Gasteiger partial charge in [-0.1, -0.05) is 18.2 Å². The van der Waals surface area contributed by atoms with Crippen LogP contribution in [0.15, 0.2) is 36.4 Å². The molecule has 0 bridgehead atoms. The van der Waals surface area contributed by atoms with E-state index in [1.165, 1.54) is 6.07 Å². The molecule has 1 saturated heterocycles. The Kier molecular flexibility index (Phi) is 4.63. The molecule has 4 nitrogen and oxygen atoms in total. The number of halogens is 3. The van der Waals surface area contributed by atoms with Crippen LogP contribution in [0.5, 0.6) is 5.75 Å². The Hall–Kier alpha value is -2.41. The Morgan fingerprint density at radius 1 is 1.22 bits per heavy atom. The van der Waals surface area contributed by atoms with Crippen molar-refractivity contribution < 1.29 is 17.9 Å². The topological polar surface area (TPSA) is 45.3 Å². The van der Waals surface area contributed by atoms with Gasteiger partial charge in [-0.05, 0) is 36.7 Å². The number of fused-ring (bicyclic) bond motifs is 3. The highest BCUT2D eigenvalue weighted by molar-refractivity contribution is 5.71. The highest BCUT2D eigenvalue weighted by Gasteiger charge is 2.42. The van der Waals surface area contributed by atoms with Crippen molar-refractivity contribution in [2.45, 2.75) is 31.1 Å². The molecular weight excluding hydrogens is 355 g/mol. The first-order valence-corrected chi connectivity index (χ1v) is 9.05. The van der Waals surface area contributed by atoms with Crippen LogP contribution in [-0.2, 0) is 12.7 Å². The minimum atomic E-state index is -4.40. The lowest BCUT2D eigenvalue weighted by Gasteiger charge is -2.26. The maximum absolute atomic E-state index is 13.7. The number of rotatable bonds is 4. The summed E-state index contributed by atoms with van der Waals surface area (Å²) in [6.07, 6.45) is -3.58. The number of para-hydroxylation sites is 1. The highest BCUT2D eigenvalue weighted by atomic mass is 19.4. The molecule has 1 fully saturated rings. The van der Waals surface area contributed by atoms with Crippen molar-refractivity contribution in [1.29, 1.82) is 0 Å². The molecule has 27 heavy (non-hydrogen) atoms. The van der Waals surface area contributed by atoms with Gasteiger partial charge >= 0.3 is 6.18 Å². The first-order chi connectivity index (χ1) is 13.0. The molecule has 0 amide bonds. The van der Waals surface area contributed by atoms with E-state index in [4.69, 9.17) is 4.74 Å². The van der Waals surface area contributed by atoms with Crippen molar-refractivity contribution in [3.8, 4) is 5.75 Å². The van der Waals surface area contributed by atoms with E-state index in [0.29, 0.717) is 24.5 Å². The van der Waals surface area contributed by atoms with Crippen LogP contribution in [0.25, 0.3) is 0 Å². The number of anilines is 2. The van der Waals surface area contributed by atoms with Crippen LogP contribution in [0.2, 0.25) is 0 Å². The average molecular weight is 377 g/mol. The largest absolute Gasteiger partial charge is 0.496 e. The lowest BCUT2D eigenvalue weighted by molar-refractivity contribution is -0.136. The molecule has 0 aromatic heterocycles. The van der Waals surface area contributed by atoms with E-state index in [-0.39, 0.29) is 17.6 Å². The molecule has 2 aliphatic heterocycles. The third kappa shape index (κ3) is 3.43. The average Bonchev–Trinajstić information content (AvgIpc) is 3.03. The van der Waals surface area contributed by atoms with Crippen LogP contribution in [0.3, 0.4) is 0 Å². The van der Waals surface area contributed by atoms with Gasteiger partial charge in [0.05, 0.1) is 18.4 Å².